The van der Waals surface area contributed by atoms with Crippen molar-refractivity contribution in [2.24, 2.45) is 40.4 Å². The van der Waals surface area contributed by atoms with Crippen molar-refractivity contribution in [2.75, 3.05) is 7.11 Å². The van der Waals surface area contributed by atoms with Gasteiger partial charge in [0.05, 0.1) is 7.11 Å². The predicted molar refractivity (Wildman–Crippen MR) is 128 cm³/mol. The molecule has 1 N–H and O–H groups in total. The van der Waals surface area contributed by atoms with Gasteiger partial charge in [-0.25, -0.2) is 4.79 Å². The van der Waals surface area contributed by atoms with Crippen LogP contribution in [0.4, 0.5) is 0 Å². The number of esters is 1. The van der Waals surface area contributed by atoms with E-state index in [0.717, 1.165) is 19.3 Å². The molecule has 0 saturated heterocycles. The van der Waals surface area contributed by atoms with Crippen molar-refractivity contribution < 1.29 is 42.9 Å². The van der Waals surface area contributed by atoms with Crippen LogP contribution in [0, 0.1) is 40.4 Å². The van der Waals surface area contributed by atoms with Crippen LogP contribution >= 0.6 is 0 Å². The molecule has 4 saturated carbocycles. The highest BCUT2D eigenvalue weighted by Crippen LogP contribution is 2.68. The fourth-order valence-electron chi connectivity index (χ4n) is 8.77. The zero-order valence-electron chi connectivity index (χ0n) is 22.1. The molecule has 206 valence electrons. The van der Waals surface area contributed by atoms with Gasteiger partial charge < -0.3 is 24.3 Å². The molecule has 37 heavy (non-hydrogen) atoms. The second-order valence-corrected chi connectivity index (χ2v) is 11.8. The van der Waals surface area contributed by atoms with Gasteiger partial charge >= 0.3 is 5.97 Å². The average molecular weight is 522 g/mol. The molecule has 0 aromatic rings. The fourth-order valence-corrected chi connectivity index (χ4v) is 8.77. The Kier molecular flexibility index (Phi) is 7.85. The van der Waals surface area contributed by atoms with Crippen molar-refractivity contribution in [3.63, 3.8) is 0 Å². The first-order chi connectivity index (χ1) is 17.6. The zero-order chi connectivity index (χ0) is 27.0. The highest BCUT2D eigenvalue weighted by atomic mass is 16.5. The topological polar surface area (TPSA) is 134 Å². The molecule has 0 spiro atoms. The largest absolute Gasteiger partial charge is 0.467 e. The maximum atomic E-state index is 13.4. The first-order valence-corrected chi connectivity index (χ1v) is 13.3. The Morgan fingerprint density at radius 1 is 0.919 bits per heavy atom. The Morgan fingerprint density at radius 2 is 1.62 bits per heavy atom. The molecule has 4 fully saturated rings. The van der Waals surface area contributed by atoms with E-state index in [9.17, 15) is 24.0 Å². The Balaban J connectivity index is 1.68. The molecule has 10 nitrogen and oxygen atoms in total. The van der Waals surface area contributed by atoms with Crippen molar-refractivity contribution in [2.45, 2.75) is 90.1 Å². The molecule has 0 radical (unpaired) electrons. The molecule has 0 aliphatic heterocycles. The minimum atomic E-state index is -0.800. The van der Waals surface area contributed by atoms with Crippen LogP contribution in [0.15, 0.2) is 0 Å². The molecular formula is C27H39NO9. The van der Waals surface area contributed by atoms with Crippen molar-refractivity contribution in [3.8, 4) is 0 Å². The summed E-state index contributed by atoms with van der Waals surface area (Å²) in [5.41, 5.74) is -0.796. The van der Waals surface area contributed by atoms with E-state index in [2.05, 4.69) is 12.2 Å². The number of rotatable bonds is 9. The molecule has 1 amide bonds. The summed E-state index contributed by atoms with van der Waals surface area (Å²) < 4.78 is 21.6. The SMILES string of the molecule is COC(=O)C(C)NC(=O)C1CC[C@H]2[C@@H]3[C@H](OC=O)C[C@H]4C[C@H](OC=O)CC[C@]4(C)[C@H]3C[C@H](OC=O)[C@]12C. The van der Waals surface area contributed by atoms with Gasteiger partial charge in [-0.05, 0) is 75.0 Å². The maximum absolute atomic E-state index is 13.4. The Labute approximate surface area is 217 Å². The normalized spacial score (nSPS) is 43.0. The number of carbonyl (C=O) groups is 5. The van der Waals surface area contributed by atoms with E-state index < -0.39 is 29.4 Å². The molecule has 0 aromatic carbocycles. The molecule has 4 rings (SSSR count). The lowest BCUT2D eigenvalue weighted by atomic mass is 9.43. The fraction of sp³-hybridized carbons (Fsp3) is 0.815. The highest BCUT2D eigenvalue weighted by molar-refractivity contribution is 5.86. The van der Waals surface area contributed by atoms with Gasteiger partial charge in [0.25, 0.3) is 19.4 Å². The number of hydrogen-bond acceptors (Lipinski definition) is 9. The van der Waals surface area contributed by atoms with Crippen LogP contribution in [0.2, 0.25) is 0 Å². The third-order valence-corrected chi connectivity index (χ3v) is 10.6. The van der Waals surface area contributed by atoms with Gasteiger partial charge in [0.2, 0.25) is 5.91 Å². The van der Waals surface area contributed by atoms with Gasteiger partial charge in [0.15, 0.2) is 0 Å². The van der Waals surface area contributed by atoms with E-state index >= 15 is 0 Å². The number of ether oxygens (including phenoxy) is 4. The Hall–Kier alpha value is -2.65. The summed E-state index contributed by atoms with van der Waals surface area (Å²) in [5.74, 6) is -1.01. The molecule has 4 aliphatic rings. The second-order valence-electron chi connectivity index (χ2n) is 11.8. The lowest BCUT2D eigenvalue weighted by molar-refractivity contribution is -0.216. The average Bonchev–Trinajstić information content (AvgIpc) is 3.23. The summed E-state index contributed by atoms with van der Waals surface area (Å²) in [5, 5.41) is 2.78. The summed E-state index contributed by atoms with van der Waals surface area (Å²) in [7, 11) is 1.27. The van der Waals surface area contributed by atoms with Crippen LogP contribution in [0.5, 0.6) is 0 Å². The lowest BCUT2D eigenvalue weighted by Crippen LogP contribution is -2.63. The summed E-state index contributed by atoms with van der Waals surface area (Å²) in [6, 6.07) is -0.800. The Morgan fingerprint density at radius 3 is 2.27 bits per heavy atom. The van der Waals surface area contributed by atoms with Gasteiger partial charge in [0, 0.05) is 17.3 Å². The zero-order valence-corrected chi connectivity index (χ0v) is 22.1. The summed E-state index contributed by atoms with van der Waals surface area (Å²) in [6.45, 7) is 7.33. The predicted octanol–water partition coefficient (Wildman–Crippen LogP) is 2.17. The van der Waals surface area contributed by atoms with Crippen LogP contribution in [-0.2, 0) is 42.9 Å². The van der Waals surface area contributed by atoms with E-state index in [1.54, 1.807) is 6.92 Å². The number of amides is 1. The molecule has 0 bridgehead atoms. The van der Waals surface area contributed by atoms with E-state index in [-0.39, 0.29) is 47.2 Å². The lowest BCUT2D eigenvalue weighted by Gasteiger charge is -2.63. The van der Waals surface area contributed by atoms with Crippen LogP contribution in [0.25, 0.3) is 0 Å². The first kappa shape index (κ1) is 27.4. The smallest absolute Gasteiger partial charge is 0.328 e. The highest BCUT2D eigenvalue weighted by Gasteiger charge is 2.68. The first-order valence-electron chi connectivity index (χ1n) is 13.3. The third kappa shape index (κ3) is 4.50. The number of hydrogen-bond donors (Lipinski definition) is 1. The number of carbonyl (C=O) groups excluding carboxylic acids is 5. The molecular weight excluding hydrogens is 482 g/mol. The molecule has 10 heteroatoms. The standard InChI is InChI=1S/C27H39NO9/c1-15(25(33)34-4)28-24(32)19-6-5-18-23-20(11-22(37-14-31)27(18,19)3)26(2)8-7-17(35-12-29)9-16(26)10-21(23)36-13-30/h12-23H,5-11H2,1-4H3,(H,28,32)/t15?,16-,17-,18+,19?,20+,21-,22+,23+,26+,27+/m1/s1. The number of nitrogens with one attached hydrogen (secondary N) is 1. The third-order valence-electron chi connectivity index (χ3n) is 10.6. The summed E-state index contributed by atoms with van der Waals surface area (Å²) in [4.78, 5) is 59.7. The van der Waals surface area contributed by atoms with Crippen LogP contribution < -0.4 is 5.32 Å². The second kappa shape index (κ2) is 10.6. The molecule has 2 unspecified atom stereocenters. The van der Waals surface area contributed by atoms with Crippen molar-refractivity contribution in [1.29, 1.82) is 0 Å². The van der Waals surface area contributed by atoms with Crippen molar-refractivity contribution in [3.05, 3.63) is 0 Å². The van der Waals surface area contributed by atoms with Gasteiger partial charge in [0.1, 0.15) is 24.4 Å². The van der Waals surface area contributed by atoms with E-state index in [4.69, 9.17) is 18.9 Å². The van der Waals surface area contributed by atoms with Crippen LogP contribution in [0.1, 0.15) is 65.7 Å². The molecule has 11 atom stereocenters. The minimum Gasteiger partial charge on any atom is -0.467 e. The molecule has 0 heterocycles. The summed E-state index contributed by atoms with van der Waals surface area (Å²) >= 11 is 0. The minimum absolute atomic E-state index is 0.00215. The van der Waals surface area contributed by atoms with Crippen molar-refractivity contribution in [1.82, 2.24) is 5.32 Å². The van der Waals surface area contributed by atoms with E-state index in [1.165, 1.54) is 7.11 Å². The monoisotopic (exact) mass is 521 g/mol. The van der Waals surface area contributed by atoms with Gasteiger partial charge in [-0.2, -0.15) is 0 Å². The van der Waals surface area contributed by atoms with Gasteiger partial charge in [-0.1, -0.05) is 13.8 Å². The molecule has 4 aliphatic carbocycles. The summed E-state index contributed by atoms with van der Waals surface area (Å²) in [6.07, 6.45) is 3.82. The van der Waals surface area contributed by atoms with Gasteiger partial charge in [-0.15, -0.1) is 0 Å². The van der Waals surface area contributed by atoms with E-state index in [0.29, 0.717) is 45.1 Å². The Bertz CT molecular complexity index is 910. The van der Waals surface area contributed by atoms with Gasteiger partial charge in [-0.3, -0.25) is 19.2 Å². The number of fused-ring (bicyclic) bond motifs is 5. The van der Waals surface area contributed by atoms with E-state index in [1.807, 2.05) is 6.92 Å². The maximum Gasteiger partial charge on any atom is 0.328 e. The van der Waals surface area contributed by atoms with Crippen molar-refractivity contribution >= 4 is 31.3 Å². The van der Waals surface area contributed by atoms with Crippen LogP contribution in [0.3, 0.4) is 0 Å². The quantitative estimate of drug-likeness (QED) is 0.275. The number of methoxy groups -OCH3 is 1. The van der Waals surface area contributed by atoms with Crippen LogP contribution in [-0.4, -0.2) is 62.8 Å². The molecule has 0 aromatic heterocycles.